The van der Waals surface area contributed by atoms with Crippen molar-refractivity contribution >= 4 is 40.7 Å². The van der Waals surface area contributed by atoms with Gasteiger partial charge in [0.1, 0.15) is 5.75 Å². The van der Waals surface area contributed by atoms with Gasteiger partial charge in [-0.2, -0.15) is 0 Å². The van der Waals surface area contributed by atoms with E-state index in [0.29, 0.717) is 0 Å². The summed E-state index contributed by atoms with van der Waals surface area (Å²) in [5.74, 6) is -1.70. The standard InChI is InChI=1S/C17H23BrF2N2O.2ClH/c18-12-10-13(19)15(20)14(17(12)23)16(11-4-2-1-3-5-11)22-8-6-21-7-9-22;;/h10-11,16,21,23H,1-9H2;2*1H/t16-;;/m1../s1. The van der Waals surface area contributed by atoms with E-state index in [-0.39, 0.29) is 52.6 Å². The van der Waals surface area contributed by atoms with Gasteiger partial charge < -0.3 is 10.4 Å². The fourth-order valence-corrected chi connectivity index (χ4v) is 4.42. The van der Waals surface area contributed by atoms with Gasteiger partial charge in [-0.25, -0.2) is 8.78 Å². The Kier molecular flexibility index (Phi) is 9.40. The molecule has 1 aromatic carbocycles. The summed E-state index contributed by atoms with van der Waals surface area (Å²) in [4.78, 5) is 2.20. The first kappa shape index (κ1) is 22.9. The van der Waals surface area contributed by atoms with Crippen LogP contribution in [-0.2, 0) is 0 Å². The van der Waals surface area contributed by atoms with Crippen LogP contribution in [-0.4, -0.2) is 36.2 Å². The molecular formula is C17H25BrCl2F2N2O. The number of rotatable bonds is 3. The molecule has 2 N–H and O–H groups in total. The zero-order valence-corrected chi connectivity index (χ0v) is 17.2. The van der Waals surface area contributed by atoms with Crippen molar-refractivity contribution in [2.24, 2.45) is 5.92 Å². The molecule has 1 aliphatic carbocycles. The Labute approximate surface area is 168 Å². The Morgan fingerprint density at radius 3 is 2.32 bits per heavy atom. The Hall–Kier alpha value is -0.140. The topological polar surface area (TPSA) is 35.5 Å². The Morgan fingerprint density at radius 1 is 1.12 bits per heavy atom. The molecule has 3 rings (SSSR count). The van der Waals surface area contributed by atoms with Gasteiger partial charge in [0.2, 0.25) is 0 Å². The second-order valence-electron chi connectivity index (χ2n) is 6.55. The first-order chi connectivity index (χ1) is 11.1. The number of nitrogens with zero attached hydrogens (tertiary/aromatic N) is 1. The maximum absolute atomic E-state index is 14.6. The number of phenols is 1. The molecule has 25 heavy (non-hydrogen) atoms. The van der Waals surface area contributed by atoms with E-state index in [2.05, 4.69) is 26.1 Å². The maximum atomic E-state index is 14.6. The molecule has 0 radical (unpaired) electrons. The fourth-order valence-electron chi connectivity index (χ4n) is 4.00. The third kappa shape index (κ3) is 4.98. The van der Waals surface area contributed by atoms with Crippen molar-refractivity contribution in [2.75, 3.05) is 26.2 Å². The van der Waals surface area contributed by atoms with Crippen molar-refractivity contribution in [3.05, 3.63) is 27.7 Å². The summed E-state index contributed by atoms with van der Waals surface area (Å²) >= 11 is 3.16. The lowest BCUT2D eigenvalue weighted by atomic mass is 9.79. The maximum Gasteiger partial charge on any atom is 0.167 e. The van der Waals surface area contributed by atoms with Crippen LogP contribution in [0.15, 0.2) is 10.5 Å². The van der Waals surface area contributed by atoms with Gasteiger partial charge in [-0.15, -0.1) is 24.8 Å². The minimum Gasteiger partial charge on any atom is -0.506 e. The van der Waals surface area contributed by atoms with Crippen molar-refractivity contribution in [3.63, 3.8) is 0 Å². The molecule has 0 spiro atoms. The van der Waals surface area contributed by atoms with Crippen LogP contribution < -0.4 is 5.32 Å². The number of aromatic hydroxyl groups is 1. The molecule has 1 saturated carbocycles. The van der Waals surface area contributed by atoms with Crippen molar-refractivity contribution in [2.45, 2.75) is 38.1 Å². The van der Waals surface area contributed by atoms with Gasteiger partial charge in [0.05, 0.1) is 10.0 Å². The van der Waals surface area contributed by atoms with Crippen LogP contribution in [0.3, 0.4) is 0 Å². The minimum absolute atomic E-state index is 0. The molecule has 1 aromatic rings. The van der Waals surface area contributed by atoms with E-state index in [0.717, 1.165) is 57.9 Å². The number of hydrogen-bond donors (Lipinski definition) is 2. The average Bonchev–Trinajstić information content (AvgIpc) is 2.58. The van der Waals surface area contributed by atoms with Crippen LogP contribution in [0.4, 0.5) is 8.78 Å². The lowest BCUT2D eigenvalue weighted by Gasteiger charge is -2.41. The predicted molar refractivity (Wildman–Crippen MR) is 104 cm³/mol. The predicted octanol–water partition coefficient (Wildman–Crippen LogP) is 4.80. The molecule has 0 unspecified atom stereocenters. The summed E-state index contributed by atoms with van der Waals surface area (Å²) in [6.07, 6.45) is 5.44. The molecule has 1 atom stereocenters. The highest BCUT2D eigenvalue weighted by molar-refractivity contribution is 9.10. The average molecular weight is 462 g/mol. The monoisotopic (exact) mass is 460 g/mol. The molecule has 8 heteroatoms. The highest BCUT2D eigenvalue weighted by Crippen LogP contribution is 2.45. The van der Waals surface area contributed by atoms with Crippen molar-refractivity contribution in [1.82, 2.24) is 10.2 Å². The molecule has 144 valence electrons. The second kappa shape index (κ2) is 10.3. The summed E-state index contributed by atoms with van der Waals surface area (Å²) in [6, 6.07) is 0.744. The Bertz CT molecular complexity index is 524. The van der Waals surface area contributed by atoms with Gasteiger partial charge in [-0.3, -0.25) is 4.90 Å². The lowest BCUT2D eigenvalue weighted by Crippen LogP contribution is -2.47. The van der Waals surface area contributed by atoms with Crippen molar-refractivity contribution in [3.8, 4) is 5.75 Å². The van der Waals surface area contributed by atoms with Crippen LogP contribution >= 0.6 is 40.7 Å². The Morgan fingerprint density at radius 2 is 1.72 bits per heavy atom. The molecule has 3 nitrogen and oxygen atoms in total. The quantitative estimate of drug-likeness (QED) is 0.634. The van der Waals surface area contributed by atoms with E-state index in [1.54, 1.807) is 0 Å². The molecular weight excluding hydrogens is 437 g/mol. The van der Waals surface area contributed by atoms with Crippen LogP contribution in [0, 0.1) is 17.6 Å². The zero-order chi connectivity index (χ0) is 16.4. The summed E-state index contributed by atoms with van der Waals surface area (Å²) < 4.78 is 28.8. The summed E-state index contributed by atoms with van der Waals surface area (Å²) in [6.45, 7) is 3.24. The molecule has 1 heterocycles. The molecule has 0 amide bonds. The summed E-state index contributed by atoms with van der Waals surface area (Å²) in [5.41, 5.74) is 0.130. The number of nitrogens with one attached hydrogen (secondary N) is 1. The van der Waals surface area contributed by atoms with E-state index >= 15 is 0 Å². The lowest BCUT2D eigenvalue weighted by molar-refractivity contribution is 0.0977. The number of halogens is 5. The highest BCUT2D eigenvalue weighted by Gasteiger charge is 2.36. The van der Waals surface area contributed by atoms with E-state index in [9.17, 15) is 13.9 Å². The normalized spacial score (nSPS) is 20.4. The van der Waals surface area contributed by atoms with Gasteiger partial charge >= 0.3 is 0 Å². The molecule has 2 aliphatic rings. The number of hydrogen-bond acceptors (Lipinski definition) is 3. The molecule has 2 fully saturated rings. The van der Waals surface area contributed by atoms with Gasteiger partial charge in [0, 0.05) is 32.2 Å². The van der Waals surface area contributed by atoms with Gasteiger partial charge in [-0.05, 0) is 40.8 Å². The summed E-state index contributed by atoms with van der Waals surface area (Å²) in [7, 11) is 0. The van der Waals surface area contributed by atoms with Crippen LogP contribution in [0.2, 0.25) is 0 Å². The van der Waals surface area contributed by atoms with E-state index in [1.165, 1.54) is 6.42 Å². The highest BCUT2D eigenvalue weighted by atomic mass is 79.9. The SMILES string of the molecule is Cl.Cl.Oc1c(Br)cc(F)c(F)c1[C@@H](C1CCCCC1)N1CCNCC1. The second-order valence-corrected chi connectivity index (χ2v) is 7.40. The number of phenolic OH excluding ortho intramolecular Hbond substituents is 1. The van der Waals surface area contributed by atoms with Crippen molar-refractivity contribution < 1.29 is 13.9 Å². The van der Waals surface area contributed by atoms with Crippen LogP contribution in [0.25, 0.3) is 0 Å². The largest absolute Gasteiger partial charge is 0.506 e. The smallest absolute Gasteiger partial charge is 0.167 e. The molecule has 0 aromatic heterocycles. The summed E-state index contributed by atoms with van der Waals surface area (Å²) in [5, 5.41) is 13.7. The first-order valence-corrected chi connectivity index (χ1v) is 9.20. The number of benzene rings is 1. The van der Waals surface area contributed by atoms with Crippen molar-refractivity contribution in [1.29, 1.82) is 0 Å². The van der Waals surface area contributed by atoms with Crippen LogP contribution in [0.5, 0.6) is 5.75 Å². The number of piperazine rings is 1. The Balaban J connectivity index is 0.00000156. The fraction of sp³-hybridized carbons (Fsp3) is 0.647. The van der Waals surface area contributed by atoms with Gasteiger partial charge in [0.15, 0.2) is 11.6 Å². The third-order valence-corrected chi connectivity index (χ3v) is 5.72. The van der Waals surface area contributed by atoms with Crippen LogP contribution in [0.1, 0.15) is 43.7 Å². The van der Waals surface area contributed by atoms with E-state index in [4.69, 9.17) is 0 Å². The minimum atomic E-state index is -0.903. The van der Waals surface area contributed by atoms with Gasteiger partial charge in [-0.1, -0.05) is 19.3 Å². The third-order valence-electron chi connectivity index (χ3n) is 5.12. The first-order valence-electron chi connectivity index (χ1n) is 8.40. The molecule has 1 aliphatic heterocycles. The van der Waals surface area contributed by atoms with Gasteiger partial charge in [0.25, 0.3) is 0 Å². The van der Waals surface area contributed by atoms with E-state index < -0.39 is 11.6 Å². The molecule has 0 bridgehead atoms. The van der Waals surface area contributed by atoms with E-state index in [1.807, 2.05) is 0 Å². The zero-order valence-electron chi connectivity index (χ0n) is 13.9. The molecule has 1 saturated heterocycles.